The quantitative estimate of drug-likeness (QED) is 0.835. The first-order valence-corrected chi connectivity index (χ1v) is 7.15. The van der Waals surface area contributed by atoms with Crippen molar-refractivity contribution >= 4 is 21.8 Å². The Morgan fingerprint density at radius 3 is 2.73 bits per heavy atom. The summed E-state index contributed by atoms with van der Waals surface area (Å²) in [5.74, 6) is 0.231. The number of benzene rings is 1. The molecule has 1 rings (SSSR count). The Morgan fingerprint density at radius 2 is 2.27 bits per heavy atom. The van der Waals surface area contributed by atoms with Gasteiger partial charge in [0.15, 0.2) is 11.6 Å². The summed E-state index contributed by atoms with van der Waals surface area (Å²) in [7, 11) is -2.86. The van der Waals surface area contributed by atoms with Crippen molar-refractivity contribution in [3.05, 3.63) is 24.0 Å². The molecule has 0 aromatic heterocycles. The summed E-state index contributed by atoms with van der Waals surface area (Å²) in [6.07, 6.45) is 1.25. The van der Waals surface area contributed by atoms with Gasteiger partial charge < -0.3 is 4.18 Å². The topological polar surface area (TPSA) is 50.1 Å². The van der Waals surface area contributed by atoms with Crippen LogP contribution in [0.25, 0.3) is 0 Å². The van der Waals surface area contributed by atoms with Crippen molar-refractivity contribution in [1.82, 2.24) is 0 Å². The fourth-order valence-corrected chi connectivity index (χ4v) is 1.95. The van der Waals surface area contributed by atoms with Crippen LogP contribution in [0.3, 0.4) is 0 Å². The van der Waals surface area contributed by atoms with E-state index < -0.39 is 15.5 Å². The predicted molar refractivity (Wildman–Crippen MR) is 60.2 cm³/mol. The zero-order valence-corrected chi connectivity index (χ0v) is 10.1. The van der Waals surface area contributed by atoms with Crippen LogP contribution in [-0.4, -0.2) is 16.2 Å². The Hall–Kier alpha value is -0.750. The van der Waals surface area contributed by atoms with Crippen molar-refractivity contribution in [2.45, 2.75) is 11.8 Å². The molecule has 0 aliphatic carbocycles. The van der Waals surface area contributed by atoms with Crippen LogP contribution in [0.15, 0.2) is 23.1 Å². The molecule has 1 atom stereocenters. The first-order valence-electron chi connectivity index (χ1n) is 4.28. The molecule has 6 heteroatoms. The lowest BCUT2D eigenvalue weighted by Gasteiger charge is -2.06. The number of hydrogen-bond acceptors (Lipinski definition) is 4. The zero-order valence-electron chi connectivity index (χ0n) is 8.45. The van der Waals surface area contributed by atoms with E-state index in [1.165, 1.54) is 18.4 Å². The van der Waals surface area contributed by atoms with Gasteiger partial charge >= 0.3 is 0 Å². The third-order valence-corrected chi connectivity index (χ3v) is 3.31. The Labute approximate surface area is 93.2 Å². The molecule has 0 heterocycles. The molecule has 0 bridgehead atoms. The van der Waals surface area contributed by atoms with E-state index in [4.69, 9.17) is 8.96 Å². The second kappa shape index (κ2) is 4.85. The van der Waals surface area contributed by atoms with Crippen molar-refractivity contribution in [3.8, 4) is 5.75 Å². The van der Waals surface area contributed by atoms with Crippen LogP contribution < -0.4 is 4.18 Å². The average Bonchev–Trinajstić information content (AvgIpc) is 2.14. The predicted octanol–water partition coefficient (Wildman–Crippen LogP) is 2.91. The Bertz CT molecular complexity index is 445. The highest BCUT2D eigenvalue weighted by molar-refractivity contribution is 7.95. The summed E-state index contributed by atoms with van der Waals surface area (Å²) >= 11 is 1.13. The third kappa shape index (κ3) is 3.39. The Balaban J connectivity index is 2.99. The van der Waals surface area contributed by atoms with Gasteiger partial charge in [-0.3, -0.25) is 0 Å². The second-order valence-electron chi connectivity index (χ2n) is 2.93. The molecule has 3 nitrogen and oxygen atoms in total. The van der Waals surface area contributed by atoms with Gasteiger partial charge in [-0.2, -0.15) is 0 Å². The molecule has 0 aliphatic heterocycles. The molecular formula is C9H12FNO2S2. The summed E-state index contributed by atoms with van der Waals surface area (Å²) in [4.78, 5) is 0.175. The van der Waals surface area contributed by atoms with Crippen LogP contribution >= 0.6 is 12.0 Å². The SMILES string of the molecule is CCSOc1ccc(S(C)(=N)=O)cc1F. The maximum atomic E-state index is 13.4. The first kappa shape index (κ1) is 12.3. The molecule has 15 heavy (non-hydrogen) atoms. The van der Waals surface area contributed by atoms with Crippen LogP contribution in [0.1, 0.15) is 6.92 Å². The lowest BCUT2D eigenvalue weighted by atomic mass is 10.3. The second-order valence-corrected chi connectivity index (χ2v) is 6.06. The highest BCUT2D eigenvalue weighted by Gasteiger charge is 2.09. The minimum atomic E-state index is -2.86. The van der Waals surface area contributed by atoms with Crippen LogP contribution in [-0.2, 0) is 9.73 Å². The summed E-state index contributed by atoms with van der Waals surface area (Å²) in [6.45, 7) is 1.89. The molecule has 1 unspecified atom stereocenters. The molecule has 0 spiro atoms. The lowest BCUT2D eigenvalue weighted by Crippen LogP contribution is -1.96. The molecule has 84 valence electrons. The van der Waals surface area contributed by atoms with Gasteiger partial charge in [-0.15, -0.1) is 0 Å². The van der Waals surface area contributed by atoms with E-state index in [0.29, 0.717) is 5.75 Å². The summed E-state index contributed by atoms with van der Waals surface area (Å²) in [5, 5.41) is 0. The van der Waals surface area contributed by atoms with Crippen LogP contribution in [0, 0.1) is 10.6 Å². The molecule has 0 aliphatic rings. The summed E-state index contributed by atoms with van der Waals surface area (Å²) in [6, 6.07) is 3.93. The van der Waals surface area contributed by atoms with Gasteiger partial charge in [-0.05, 0) is 18.2 Å². The Morgan fingerprint density at radius 1 is 1.60 bits per heavy atom. The van der Waals surface area contributed by atoms with E-state index in [1.54, 1.807) is 0 Å². The standard InChI is InChI=1S/C9H12FNO2S2/c1-3-14-13-9-5-4-7(6-8(9)10)15(2,11)12/h4-6,11H,3H2,1-2H3. The van der Waals surface area contributed by atoms with Gasteiger partial charge in [-0.1, -0.05) is 6.92 Å². The van der Waals surface area contributed by atoms with Crippen molar-refractivity contribution in [2.75, 3.05) is 12.0 Å². The van der Waals surface area contributed by atoms with Gasteiger partial charge in [0.2, 0.25) is 0 Å². The Kier molecular flexibility index (Phi) is 3.98. The molecule has 0 fully saturated rings. The smallest absolute Gasteiger partial charge is 0.173 e. The molecule has 0 amide bonds. The van der Waals surface area contributed by atoms with Crippen LogP contribution in [0.2, 0.25) is 0 Å². The van der Waals surface area contributed by atoms with E-state index >= 15 is 0 Å². The van der Waals surface area contributed by atoms with Gasteiger partial charge in [0.1, 0.15) is 0 Å². The van der Waals surface area contributed by atoms with E-state index in [-0.39, 0.29) is 10.6 Å². The number of rotatable bonds is 4. The molecule has 1 aromatic carbocycles. The number of hydrogen-bond donors (Lipinski definition) is 1. The molecular weight excluding hydrogens is 237 g/mol. The summed E-state index contributed by atoms with van der Waals surface area (Å²) in [5.41, 5.74) is 0. The normalized spacial score (nSPS) is 14.6. The summed E-state index contributed by atoms with van der Waals surface area (Å²) < 4.78 is 37.0. The zero-order chi connectivity index (χ0) is 11.5. The minimum absolute atomic E-state index is 0.106. The van der Waals surface area contributed by atoms with E-state index in [0.717, 1.165) is 18.1 Å². The molecule has 1 aromatic rings. The number of nitrogens with one attached hydrogen (secondary N) is 1. The van der Waals surface area contributed by atoms with Crippen LogP contribution in [0.5, 0.6) is 5.75 Å². The maximum absolute atomic E-state index is 13.4. The fraction of sp³-hybridized carbons (Fsp3) is 0.333. The highest BCUT2D eigenvalue weighted by atomic mass is 32.2. The van der Waals surface area contributed by atoms with Crippen molar-refractivity contribution in [2.24, 2.45) is 0 Å². The fourth-order valence-electron chi connectivity index (χ4n) is 0.914. The van der Waals surface area contributed by atoms with Gasteiger partial charge in [0.25, 0.3) is 0 Å². The highest BCUT2D eigenvalue weighted by Crippen LogP contribution is 2.24. The van der Waals surface area contributed by atoms with Crippen molar-refractivity contribution in [1.29, 1.82) is 4.78 Å². The van der Waals surface area contributed by atoms with E-state index in [1.807, 2.05) is 6.92 Å². The van der Waals surface area contributed by atoms with Gasteiger partial charge in [-0.25, -0.2) is 13.4 Å². The first-order chi connectivity index (χ1) is 6.95. The molecule has 1 N–H and O–H groups in total. The van der Waals surface area contributed by atoms with Crippen molar-refractivity contribution in [3.63, 3.8) is 0 Å². The average molecular weight is 249 g/mol. The molecule has 0 saturated heterocycles. The lowest BCUT2D eigenvalue weighted by molar-refractivity contribution is 0.539. The van der Waals surface area contributed by atoms with Gasteiger partial charge in [0.05, 0.1) is 26.7 Å². The third-order valence-electron chi connectivity index (χ3n) is 1.62. The van der Waals surface area contributed by atoms with Crippen LogP contribution in [0.4, 0.5) is 4.39 Å². The van der Waals surface area contributed by atoms with Crippen molar-refractivity contribution < 1.29 is 12.8 Å². The maximum Gasteiger partial charge on any atom is 0.173 e. The largest absolute Gasteiger partial charge is 0.423 e. The molecule has 0 saturated carbocycles. The van der Waals surface area contributed by atoms with E-state index in [9.17, 15) is 8.60 Å². The minimum Gasteiger partial charge on any atom is -0.423 e. The molecule has 0 radical (unpaired) electrons. The monoisotopic (exact) mass is 249 g/mol. The number of halogens is 1. The van der Waals surface area contributed by atoms with Gasteiger partial charge in [0, 0.05) is 12.0 Å². The van der Waals surface area contributed by atoms with E-state index in [2.05, 4.69) is 0 Å².